The van der Waals surface area contributed by atoms with Crippen molar-refractivity contribution < 1.29 is 9.34 Å². The minimum Gasteiger partial charge on any atom is -0.411 e. The summed E-state index contributed by atoms with van der Waals surface area (Å²) in [5.74, 6) is 0.462. The monoisotopic (exact) mass is 383 g/mol. The molecule has 0 aliphatic rings. The summed E-state index contributed by atoms with van der Waals surface area (Å²) in [6, 6.07) is 14.7. The third-order valence-corrected chi connectivity index (χ3v) is 5.22. The molecule has 3 rings (SSSR count). The summed E-state index contributed by atoms with van der Waals surface area (Å²) in [5, 5.41) is 19.5. The molecule has 0 N–H and O–H groups in total. The van der Waals surface area contributed by atoms with Crippen molar-refractivity contribution in [3.63, 3.8) is 0 Å². The van der Waals surface area contributed by atoms with E-state index in [-0.39, 0.29) is 16.4 Å². The molecular weight excluding hydrogens is 362 g/mol. The molecule has 3 aromatic rings. The SMILES string of the molecule is C[C@@H](Sc1nnc(-c2ccc(C(C)(C)C)cc2)o1)c1cccc([N+](=O)[O-])c1. The molecule has 1 aromatic heterocycles. The maximum atomic E-state index is 10.9. The van der Waals surface area contributed by atoms with Crippen LogP contribution in [0.4, 0.5) is 5.69 Å². The zero-order valence-corrected chi connectivity index (χ0v) is 16.5. The van der Waals surface area contributed by atoms with Crippen molar-refractivity contribution >= 4 is 17.4 Å². The highest BCUT2D eigenvalue weighted by Gasteiger charge is 2.17. The number of non-ortho nitro benzene ring substituents is 1. The molecule has 1 heterocycles. The second kappa shape index (κ2) is 7.52. The summed E-state index contributed by atoms with van der Waals surface area (Å²) in [6.45, 7) is 8.45. The Labute approximate surface area is 162 Å². The lowest BCUT2D eigenvalue weighted by molar-refractivity contribution is -0.384. The minimum absolute atomic E-state index is 0.0542. The number of nitrogens with zero attached hydrogens (tertiary/aromatic N) is 3. The van der Waals surface area contributed by atoms with E-state index < -0.39 is 4.92 Å². The fourth-order valence-corrected chi connectivity index (χ4v) is 3.40. The van der Waals surface area contributed by atoms with Gasteiger partial charge in [-0.2, -0.15) is 0 Å². The van der Waals surface area contributed by atoms with Crippen LogP contribution in [0.5, 0.6) is 0 Å². The fraction of sp³-hybridized carbons (Fsp3) is 0.300. The molecule has 27 heavy (non-hydrogen) atoms. The number of nitro benzene ring substituents is 1. The van der Waals surface area contributed by atoms with Crippen LogP contribution in [0.2, 0.25) is 0 Å². The quantitative estimate of drug-likeness (QED) is 0.315. The highest BCUT2D eigenvalue weighted by atomic mass is 32.2. The zero-order chi connectivity index (χ0) is 19.6. The van der Waals surface area contributed by atoms with E-state index in [9.17, 15) is 10.1 Å². The molecule has 6 nitrogen and oxygen atoms in total. The molecule has 0 saturated heterocycles. The topological polar surface area (TPSA) is 82.1 Å². The zero-order valence-electron chi connectivity index (χ0n) is 15.7. The minimum atomic E-state index is -0.396. The normalized spacial score (nSPS) is 12.7. The molecule has 0 aliphatic heterocycles. The van der Waals surface area contributed by atoms with Gasteiger partial charge in [-0.1, -0.05) is 56.8 Å². The van der Waals surface area contributed by atoms with Gasteiger partial charge in [0.2, 0.25) is 5.89 Å². The number of rotatable bonds is 5. The first kappa shape index (κ1) is 19.1. The molecule has 0 spiro atoms. The molecule has 0 radical (unpaired) electrons. The lowest BCUT2D eigenvalue weighted by Gasteiger charge is -2.18. The smallest absolute Gasteiger partial charge is 0.277 e. The highest BCUT2D eigenvalue weighted by molar-refractivity contribution is 7.99. The van der Waals surface area contributed by atoms with Gasteiger partial charge in [0.15, 0.2) is 0 Å². The summed E-state index contributed by atoms with van der Waals surface area (Å²) in [7, 11) is 0. The van der Waals surface area contributed by atoms with Gasteiger partial charge < -0.3 is 4.42 Å². The number of benzene rings is 2. The van der Waals surface area contributed by atoms with E-state index in [1.807, 2.05) is 25.1 Å². The van der Waals surface area contributed by atoms with Crippen LogP contribution >= 0.6 is 11.8 Å². The third-order valence-electron chi connectivity index (χ3n) is 4.23. The maximum Gasteiger partial charge on any atom is 0.277 e. The van der Waals surface area contributed by atoms with E-state index in [2.05, 4.69) is 43.1 Å². The second-order valence-electron chi connectivity index (χ2n) is 7.31. The first-order chi connectivity index (χ1) is 12.7. The van der Waals surface area contributed by atoms with Gasteiger partial charge in [-0.05, 0) is 35.6 Å². The molecule has 0 saturated carbocycles. The molecule has 1 atom stereocenters. The van der Waals surface area contributed by atoms with Crippen molar-refractivity contribution in [2.24, 2.45) is 0 Å². The summed E-state index contributed by atoms with van der Waals surface area (Å²) in [6.07, 6.45) is 0. The molecule has 0 aliphatic carbocycles. The molecular formula is C20H21N3O3S. The molecule has 0 unspecified atom stereocenters. The number of hydrogen-bond donors (Lipinski definition) is 0. The first-order valence-electron chi connectivity index (χ1n) is 8.59. The van der Waals surface area contributed by atoms with Crippen molar-refractivity contribution in [2.45, 2.75) is 43.6 Å². The van der Waals surface area contributed by atoms with Crippen LogP contribution in [-0.4, -0.2) is 15.1 Å². The Bertz CT molecular complexity index is 946. The summed E-state index contributed by atoms with van der Waals surface area (Å²) in [5.41, 5.74) is 3.10. The van der Waals surface area contributed by atoms with Gasteiger partial charge in [-0.15, -0.1) is 10.2 Å². The average Bonchev–Trinajstić information content (AvgIpc) is 3.09. The van der Waals surface area contributed by atoms with Crippen LogP contribution in [0.1, 0.15) is 44.1 Å². The van der Waals surface area contributed by atoms with Crippen LogP contribution in [0, 0.1) is 10.1 Å². The Morgan fingerprint density at radius 3 is 2.44 bits per heavy atom. The third kappa shape index (κ3) is 4.54. The predicted molar refractivity (Wildman–Crippen MR) is 106 cm³/mol. The number of hydrogen-bond acceptors (Lipinski definition) is 6. The maximum absolute atomic E-state index is 10.9. The van der Waals surface area contributed by atoms with Crippen LogP contribution in [0.25, 0.3) is 11.5 Å². The van der Waals surface area contributed by atoms with Crippen molar-refractivity contribution in [2.75, 3.05) is 0 Å². The van der Waals surface area contributed by atoms with Crippen LogP contribution < -0.4 is 0 Å². The van der Waals surface area contributed by atoms with Crippen molar-refractivity contribution in [3.8, 4) is 11.5 Å². The molecule has 140 valence electrons. The Kier molecular flexibility index (Phi) is 5.32. The van der Waals surface area contributed by atoms with E-state index in [0.29, 0.717) is 11.1 Å². The predicted octanol–water partition coefficient (Wildman–Crippen LogP) is 5.80. The summed E-state index contributed by atoms with van der Waals surface area (Å²) >= 11 is 1.38. The molecule has 2 aromatic carbocycles. The van der Waals surface area contributed by atoms with E-state index in [1.165, 1.54) is 23.4 Å². The van der Waals surface area contributed by atoms with Gasteiger partial charge in [0.1, 0.15) is 0 Å². The van der Waals surface area contributed by atoms with Crippen molar-refractivity contribution in [1.29, 1.82) is 0 Å². The van der Waals surface area contributed by atoms with Crippen molar-refractivity contribution in [3.05, 3.63) is 69.8 Å². The second-order valence-corrected chi connectivity index (χ2v) is 8.60. The lowest BCUT2D eigenvalue weighted by atomic mass is 9.87. The standard InChI is InChI=1S/C20H21N3O3S/c1-13(15-6-5-7-17(12-15)23(24)25)27-19-22-21-18(26-19)14-8-10-16(11-9-14)20(2,3)4/h5-13H,1-4H3/t13-/m1/s1. The Morgan fingerprint density at radius 1 is 1.11 bits per heavy atom. The number of thioether (sulfide) groups is 1. The van der Waals surface area contributed by atoms with Gasteiger partial charge in [-0.3, -0.25) is 10.1 Å². The van der Waals surface area contributed by atoms with E-state index in [1.54, 1.807) is 12.1 Å². The highest BCUT2D eigenvalue weighted by Crippen LogP contribution is 2.36. The van der Waals surface area contributed by atoms with Gasteiger partial charge in [-0.25, -0.2) is 0 Å². The Hall–Kier alpha value is -2.67. The van der Waals surface area contributed by atoms with Crippen LogP contribution in [-0.2, 0) is 5.41 Å². The fourth-order valence-electron chi connectivity index (χ4n) is 2.60. The van der Waals surface area contributed by atoms with Gasteiger partial charge in [0, 0.05) is 22.9 Å². The van der Waals surface area contributed by atoms with Gasteiger partial charge in [0.05, 0.1) is 4.92 Å². The first-order valence-corrected chi connectivity index (χ1v) is 9.47. The van der Waals surface area contributed by atoms with Gasteiger partial charge in [0.25, 0.3) is 10.9 Å². The lowest BCUT2D eigenvalue weighted by Crippen LogP contribution is -2.10. The van der Waals surface area contributed by atoms with Gasteiger partial charge >= 0.3 is 0 Å². The van der Waals surface area contributed by atoms with Crippen LogP contribution in [0.15, 0.2) is 58.2 Å². The Balaban J connectivity index is 1.74. The molecule has 0 fully saturated rings. The summed E-state index contributed by atoms with van der Waals surface area (Å²) < 4.78 is 5.77. The van der Waals surface area contributed by atoms with E-state index in [4.69, 9.17) is 4.42 Å². The largest absolute Gasteiger partial charge is 0.411 e. The van der Waals surface area contributed by atoms with Crippen molar-refractivity contribution in [1.82, 2.24) is 10.2 Å². The van der Waals surface area contributed by atoms with E-state index >= 15 is 0 Å². The van der Waals surface area contributed by atoms with Crippen LogP contribution in [0.3, 0.4) is 0 Å². The number of nitro groups is 1. The average molecular weight is 383 g/mol. The Morgan fingerprint density at radius 2 is 1.81 bits per heavy atom. The molecule has 7 heteroatoms. The van der Waals surface area contributed by atoms with E-state index in [0.717, 1.165) is 11.1 Å². The number of aromatic nitrogens is 2. The summed E-state index contributed by atoms with van der Waals surface area (Å²) in [4.78, 5) is 10.5. The molecule has 0 bridgehead atoms. The molecule has 0 amide bonds.